The van der Waals surface area contributed by atoms with Gasteiger partial charge in [-0.15, -0.1) is 0 Å². The van der Waals surface area contributed by atoms with Crippen LogP contribution in [0.15, 0.2) is 30.7 Å². The summed E-state index contributed by atoms with van der Waals surface area (Å²) in [7, 11) is 0. The molecule has 0 aliphatic carbocycles. The van der Waals surface area contributed by atoms with Gasteiger partial charge in [0.05, 0.1) is 16.9 Å². The van der Waals surface area contributed by atoms with Crippen molar-refractivity contribution in [2.24, 2.45) is 0 Å². The van der Waals surface area contributed by atoms with E-state index in [-0.39, 0.29) is 0 Å². The zero-order valence-corrected chi connectivity index (χ0v) is 9.44. The monoisotopic (exact) mass is 221 g/mol. The first kappa shape index (κ1) is 10.2. The Bertz CT molecular complexity index is 462. The Morgan fingerprint density at radius 1 is 1.40 bits per heavy atom. The van der Waals surface area contributed by atoms with Crippen LogP contribution in [-0.2, 0) is 0 Å². The van der Waals surface area contributed by atoms with E-state index in [4.69, 9.17) is 11.6 Å². The summed E-state index contributed by atoms with van der Waals surface area (Å²) in [5.74, 6) is 0. The molecule has 0 bridgehead atoms. The maximum absolute atomic E-state index is 6.05. The minimum absolute atomic E-state index is 0.348. The summed E-state index contributed by atoms with van der Waals surface area (Å²) in [6.45, 7) is 4.16. The number of nitrogens with zero attached hydrogens (tertiary/aromatic N) is 3. The summed E-state index contributed by atoms with van der Waals surface area (Å²) in [5, 5.41) is 4.90. The molecule has 15 heavy (non-hydrogen) atoms. The van der Waals surface area contributed by atoms with Crippen molar-refractivity contribution in [1.82, 2.24) is 14.8 Å². The van der Waals surface area contributed by atoms with E-state index in [0.717, 1.165) is 11.3 Å². The molecule has 0 atom stereocenters. The van der Waals surface area contributed by atoms with E-state index in [1.165, 1.54) is 0 Å². The van der Waals surface area contributed by atoms with Gasteiger partial charge in [0, 0.05) is 24.0 Å². The smallest absolute Gasteiger partial charge is 0.0919 e. The van der Waals surface area contributed by atoms with Gasteiger partial charge in [-0.3, -0.25) is 9.67 Å². The van der Waals surface area contributed by atoms with Crippen LogP contribution in [0.4, 0.5) is 0 Å². The average Bonchev–Trinajstić information content (AvgIpc) is 2.67. The van der Waals surface area contributed by atoms with Gasteiger partial charge in [0.15, 0.2) is 0 Å². The molecule has 0 aliphatic rings. The molecule has 0 N–H and O–H groups in total. The molecule has 4 heteroatoms. The van der Waals surface area contributed by atoms with Crippen molar-refractivity contribution in [2.45, 2.75) is 19.9 Å². The fraction of sp³-hybridized carbons (Fsp3) is 0.273. The molecule has 3 nitrogen and oxygen atoms in total. The second kappa shape index (κ2) is 4.03. The lowest BCUT2D eigenvalue weighted by Crippen LogP contribution is -1.99. The summed E-state index contributed by atoms with van der Waals surface area (Å²) in [5.41, 5.74) is 1.74. The van der Waals surface area contributed by atoms with E-state index in [9.17, 15) is 0 Å². The fourth-order valence-electron chi connectivity index (χ4n) is 1.34. The summed E-state index contributed by atoms with van der Waals surface area (Å²) in [6, 6.07) is 4.00. The highest BCUT2D eigenvalue weighted by atomic mass is 35.5. The predicted octanol–water partition coefficient (Wildman–Crippen LogP) is 3.18. The number of halogens is 1. The molecule has 0 saturated carbocycles. The Balaban J connectivity index is 2.42. The van der Waals surface area contributed by atoms with Crippen molar-refractivity contribution in [2.75, 3.05) is 0 Å². The Labute approximate surface area is 93.7 Å². The molecule has 0 unspecified atom stereocenters. The van der Waals surface area contributed by atoms with Gasteiger partial charge in [0.25, 0.3) is 0 Å². The van der Waals surface area contributed by atoms with Crippen molar-refractivity contribution < 1.29 is 0 Å². The third-order valence-electron chi connectivity index (χ3n) is 2.16. The first-order valence-corrected chi connectivity index (χ1v) is 5.21. The molecular formula is C11H12ClN3. The second-order valence-electron chi connectivity index (χ2n) is 3.64. The SMILES string of the molecule is CC(C)n1cc(-c2ncccc2Cl)cn1. The quantitative estimate of drug-likeness (QED) is 0.780. The fourth-order valence-corrected chi connectivity index (χ4v) is 1.57. The highest BCUT2D eigenvalue weighted by Crippen LogP contribution is 2.24. The van der Waals surface area contributed by atoms with E-state index in [2.05, 4.69) is 23.9 Å². The van der Waals surface area contributed by atoms with Crippen LogP contribution in [0, 0.1) is 0 Å². The minimum Gasteiger partial charge on any atom is -0.270 e. The van der Waals surface area contributed by atoms with E-state index < -0.39 is 0 Å². The molecule has 0 fully saturated rings. The van der Waals surface area contributed by atoms with Gasteiger partial charge in [-0.05, 0) is 26.0 Å². The Kier molecular flexibility index (Phi) is 2.73. The molecular weight excluding hydrogens is 210 g/mol. The van der Waals surface area contributed by atoms with Gasteiger partial charge < -0.3 is 0 Å². The number of hydrogen-bond donors (Lipinski definition) is 0. The van der Waals surface area contributed by atoms with E-state index >= 15 is 0 Å². The molecule has 2 heterocycles. The number of aromatic nitrogens is 3. The summed E-state index contributed by atoms with van der Waals surface area (Å²) in [4.78, 5) is 4.24. The van der Waals surface area contributed by atoms with Crippen LogP contribution in [-0.4, -0.2) is 14.8 Å². The van der Waals surface area contributed by atoms with Crippen LogP contribution in [0.25, 0.3) is 11.3 Å². The van der Waals surface area contributed by atoms with Crippen molar-refractivity contribution in [3.05, 3.63) is 35.7 Å². The van der Waals surface area contributed by atoms with E-state index in [0.29, 0.717) is 11.1 Å². The third kappa shape index (κ3) is 2.02. The zero-order chi connectivity index (χ0) is 10.8. The summed E-state index contributed by atoms with van der Waals surface area (Å²) in [6.07, 6.45) is 5.47. The summed E-state index contributed by atoms with van der Waals surface area (Å²) >= 11 is 6.05. The Hall–Kier alpha value is -1.35. The predicted molar refractivity (Wildman–Crippen MR) is 60.9 cm³/mol. The molecule has 2 aromatic rings. The lowest BCUT2D eigenvalue weighted by molar-refractivity contribution is 0.532. The van der Waals surface area contributed by atoms with Gasteiger partial charge in [-0.1, -0.05) is 11.6 Å². The molecule has 0 amide bonds. The van der Waals surface area contributed by atoms with Crippen molar-refractivity contribution in [3.63, 3.8) is 0 Å². The van der Waals surface area contributed by atoms with Crippen LogP contribution in [0.1, 0.15) is 19.9 Å². The molecule has 0 aromatic carbocycles. The largest absolute Gasteiger partial charge is 0.270 e. The molecule has 0 radical (unpaired) electrons. The van der Waals surface area contributed by atoms with Gasteiger partial charge in [0.1, 0.15) is 0 Å². The van der Waals surface area contributed by atoms with Gasteiger partial charge >= 0.3 is 0 Å². The second-order valence-corrected chi connectivity index (χ2v) is 4.04. The molecule has 0 spiro atoms. The van der Waals surface area contributed by atoms with Crippen LogP contribution < -0.4 is 0 Å². The highest BCUT2D eigenvalue weighted by Gasteiger charge is 2.07. The van der Waals surface area contributed by atoms with Gasteiger partial charge in [-0.2, -0.15) is 5.10 Å². The molecule has 2 aromatic heterocycles. The average molecular weight is 222 g/mol. The van der Waals surface area contributed by atoms with Crippen LogP contribution in [0.2, 0.25) is 5.02 Å². The first-order chi connectivity index (χ1) is 7.18. The Morgan fingerprint density at radius 2 is 2.20 bits per heavy atom. The topological polar surface area (TPSA) is 30.7 Å². The standard InChI is InChI=1S/C11H12ClN3/c1-8(2)15-7-9(6-14-15)11-10(12)4-3-5-13-11/h3-8H,1-2H3. The number of hydrogen-bond acceptors (Lipinski definition) is 2. The lowest BCUT2D eigenvalue weighted by Gasteiger charge is -2.03. The van der Waals surface area contributed by atoms with E-state index in [1.54, 1.807) is 12.4 Å². The van der Waals surface area contributed by atoms with Crippen molar-refractivity contribution in [3.8, 4) is 11.3 Å². The van der Waals surface area contributed by atoms with Crippen molar-refractivity contribution >= 4 is 11.6 Å². The number of pyridine rings is 1. The normalized spacial score (nSPS) is 10.9. The first-order valence-electron chi connectivity index (χ1n) is 4.83. The third-order valence-corrected chi connectivity index (χ3v) is 2.47. The minimum atomic E-state index is 0.348. The lowest BCUT2D eigenvalue weighted by atomic mass is 10.2. The highest BCUT2D eigenvalue weighted by molar-refractivity contribution is 6.32. The van der Waals surface area contributed by atoms with Gasteiger partial charge in [0.2, 0.25) is 0 Å². The number of rotatable bonds is 2. The van der Waals surface area contributed by atoms with E-state index in [1.807, 2.05) is 23.0 Å². The van der Waals surface area contributed by atoms with Gasteiger partial charge in [-0.25, -0.2) is 0 Å². The Morgan fingerprint density at radius 3 is 2.80 bits per heavy atom. The molecule has 2 rings (SSSR count). The van der Waals surface area contributed by atoms with Crippen LogP contribution in [0.3, 0.4) is 0 Å². The van der Waals surface area contributed by atoms with Crippen LogP contribution in [0.5, 0.6) is 0 Å². The maximum atomic E-state index is 6.05. The molecule has 0 aliphatic heterocycles. The van der Waals surface area contributed by atoms with Crippen molar-refractivity contribution in [1.29, 1.82) is 0 Å². The zero-order valence-electron chi connectivity index (χ0n) is 8.68. The molecule has 78 valence electrons. The van der Waals surface area contributed by atoms with Crippen LogP contribution >= 0.6 is 11.6 Å². The molecule has 0 saturated heterocycles. The maximum Gasteiger partial charge on any atom is 0.0919 e. The summed E-state index contributed by atoms with van der Waals surface area (Å²) < 4.78 is 1.89.